The second-order valence-corrected chi connectivity index (χ2v) is 7.37. The Bertz CT molecular complexity index is 902. The molecule has 4 atom stereocenters. The van der Waals surface area contributed by atoms with Gasteiger partial charge < -0.3 is 25.5 Å². The van der Waals surface area contributed by atoms with Crippen LogP contribution >= 0.6 is 0 Å². The summed E-state index contributed by atoms with van der Waals surface area (Å²) in [7, 11) is 0. The van der Waals surface area contributed by atoms with Gasteiger partial charge in [-0.05, 0) is 53.1 Å². The van der Waals surface area contributed by atoms with E-state index in [4.69, 9.17) is 0 Å². The molecule has 0 amide bonds. The molecule has 5 rings (SSSR count). The Labute approximate surface area is 151 Å². The van der Waals surface area contributed by atoms with E-state index in [-0.39, 0.29) is 53.3 Å². The highest BCUT2D eigenvalue weighted by Gasteiger charge is 2.44. The standard InChI is InChI=1S/C21H22O5/c1-10-5-14-13-8-17(24)18(25)9-15(13)20(12(10)3-2-4-22)16-6-11(23)7-19(26)21(14)16/h2-3,6-10,12,14,20,22-26H,4-5H2,1H3/b3-2-. The molecule has 0 aliphatic heterocycles. The molecule has 0 spiro atoms. The lowest BCUT2D eigenvalue weighted by molar-refractivity contribution is 0.337. The molecule has 5 heteroatoms. The number of benzene rings is 2. The van der Waals surface area contributed by atoms with Gasteiger partial charge in [-0.3, -0.25) is 0 Å². The van der Waals surface area contributed by atoms with E-state index in [9.17, 15) is 25.5 Å². The number of hydrogen-bond acceptors (Lipinski definition) is 5. The van der Waals surface area contributed by atoms with Crippen molar-refractivity contribution in [3.05, 3.63) is 58.7 Å². The number of aliphatic hydroxyl groups is 1. The van der Waals surface area contributed by atoms with Crippen molar-refractivity contribution in [2.45, 2.75) is 25.2 Å². The Hall–Kier alpha value is -2.66. The fourth-order valence-corrected chi connectivity index (χ4v) is 4.82. The summed E-state index contributed by atoms with van der Waals surface area (Å²) in [6, 6.07) is 6.20. The molecule has 4 unspecified atom stereocenters. The molecule has 3 aliphatic carbocycles. The maximum Gasteiger partial charge on any atom is 0.157 e. The molecule has 0 saturated carbocycles. The lowest BCUT2D eigenvalue weighted by atomic mass is 9.70. The lowest BCUT2D eigenvalue weighted by Gasteiger charge is -2.33. The third kappa shape index (κ3) is 2.35. The second-order valence-electron chi connectivity index (χ2n) is 7.37. The minimum atomic E-state index is -0.193. The van der Waals surface area contributed by atoms with Gasteiger partial charge in [0.05, 0.1) is 6.61 Å². The number of aromatic hydroxyl groups is 4. The largest absolute Gasteiger partial charge is 0.508 e. The Kier molecular flexibility index (Phi) is 3.84. The summed E-state index contributed by atoms with van der Waals surface area (Å²) in [5.41, 5.74) is 3.39. The van der Waals surface area contributed by atoms with Crippen LogP contribution in [0.3, 0.4) is 0 Å². The van der Waals surface area contributed by atoms with Crippen LogP contribution in [0, 0.1) is 11.8 Å². The summed E-state index contributed by atoms with van der Waals surface area (Å²) in [6.45, 7) is 2.06. The van der Waals surface area contributed by atoms with Crippen LogP contribution in [0.15, 0.2) is 36.4 Å². The molecule has 0 fully saturated rings. The third-order valence-electron chi connectivity index (χ3n) is 5.86. The zero-order chi connectivity index (χ0) is 18.6. The number of hydrogen-bond donors (Lipinski definition) is 5. The fraction of sp³-hybridized carbons (Fsp3) is 0.333. The summed E-state index contributed by atoms with van der Waals surface area (Å²) in [5.74, 6) is -0.378. The summed E-state index contributed by atoms with van der Waals surface area (Å²) >= 11 is 0. The van der Waals surface area contributed by atoms with Crippen molar-refractivity contribution in [2.75, 3.05) is 6.61 Å². The maximum atomic E-state index is 10.6. The topological polar surface area (TPSA) is 101 Å². The van der Waals surface area contributed by atoms with E-state index in [0.717, 1.165) is 28.7 Å². The molecule has 0 aromatic heterocycles. The van der Waals surface area contributed by atoms with E-state index in [0.29, 0.717) is 0 Å². The normalized spacial score (nSPS) is 26.5. The predicted molar refractivity (Wildman–Crippen MR) is 96.7 cm³/mol. The minimum absolute atomic E-state index is 0.00380. The van der Waals surface area contributed by atoms with Crippen LogP contribution in [-0.4, -0.2) is 32.1 Å². The Balaban J connectivity index is 2.04. The molecule has 5 nitrogen and oxygen atoms in total. The smallest absolute Gasteiger partial charge is 0.157 e. The van der Waals surface area contributed by atoms with Crippen LogP contribution in [0.2, 0.25) is 0 Å². The average molecular weight is 354 g/mol. The first-order valence-electron chi connectivity index (χ1n) is 8.81. The number of fused-ring (bicyclic) bond motifs is 2. The van der Waals surface area contributed by atoms with Crippen molar-refractivity contribution in [2.24, 2.45) is 11.8 Å². The molecule has 0 radical (unpaired) electrons. The van der Waals surface area contributed by atoms with E-state index in [1.54, 1.807) is 24.3 Å². The quantitative estimate of drug-likeness (QED) is 0.421. The average Bonchev–Trinajstić information content (AvgIpc) is 2.76. The first kappa shape index (κ1) is 16.8. The molecule has 2 aromatic rings. The van der Waals surface area contributed by atoms with Crippen molar-refractivity contribution in [3.8, 4) is 23.0 Å². The van der Waals surface area contributed by atoms with Gasteiger partial charge in [-0.15, -0.1) is 0 Å². The van der Waals surface area contributed by atoms with Crippen LogP contribution < -0.4 is 0 Å². The van der Waals surface area contributed by atoms with Gasteiger partial charge in [0, 0.05) is 23.5 Å². The number of rotatable bonds is 2. The van der Waals surface area contributed by atoms with Crippen LogP contribution in [0.25, 0.3) is 0 Å². The zero-order valence-corrected chi connectivity index (χ0v) is 14.4. The lowest BCUT2D eigenvalue weighted by Crippen LogP contribution is -2.20. The Morgan fingerprint density at radius 1 is 0.923 bits per heavy atom. The van der Waals surface area contributed by atoms with Crippen molar-refractivity contribution in [1.82, 2.24) is 0 Å². The molecule has 0 heterocycles. The summed E-state index contributed by atoms with van der Waals surface area (Å²) in [5, 5.41) is 50.0. The maximum absolute atomic E-state index is 10.6. The van der Waals surface area contributed by atoms with Crippen LogP contribution in [0.5, 0.6) is 23.0 Å². The molecule has 2 bridgehead atoms. The first-order chi connectivity index (χ1) is 12.4. The number of allylic oxidation sites excluding steroid dienone is 1. The molecule has 26 heavy (non-hydrogen) atoms. The number of phenolic OH excluding ortho intramolecular Hbond substituents is 4. The van der Waals surface area contributed by atoms with E-state index < -0.39 is 0 Å². The zero-order valence-electron chi connectivity index (χ0n) is 14.4. The first-order valence-corrected chi connectivity index (χ1v) is 8.81. The van der Waals surface area contributed by atoms with Crippen molar-refractivity contribution in [1.29, 1.82) is 0 Å². The van der Waals surface area contributed by atoms with Gasteiger partial charge in [0.1, 0.15) is 11.5 Å². The number of phenols is 4. The fourth-order valence-electron chi connectivity index (χ4n) is 4.82. The molecule has 5 N–H and O–H groups in total. The highest BCUT2D eigenvalue weighted by atomic mass is 16.3. The molecule has 3 aliphatic rings. The highest BCUT2D eigenvalue weighted by Crippen LogP contribution is 2.58. The van der Waals surface area contributed by atoms with E-state index in [1.807, 2.05) is 6.08 Å². The van der Waals surface area contributed by atoms with Crippen molar-refractivity contribution in [3.63, 3.8) is 0 Å². The van der Waals surface area contributed by atoms with Crippen molar-refractivity contribution < 1.29 is 25.5 Å². The second kappa shape index (κ2) is 5.95. The minimum Gasteiger partial charge on any atom is -0.508 e. The van der Waals surface area contributed by atoms with E-state index in [2.05, 4.69) is 6.92 Å². The van der Waals surface area contributed by atoms with Gasteiger partial charge in [0.15, 0.2) is 11.5 Å². The SMILES string of the molecule is CC1CC2c3cc(O)c(O)cc3C(c3cc(O)cc(O)c32)C1/C=C\CO. The number of aliphatic hydroxyl groups excluding tert-OH is 1. The van der Waals surface area contributed by atoms with Crippen LogP contribution in [0.4, 0.5) is 0 Å². The van der Waals surface area contributed by atoms with Gasteiger partial charge in [0.2, 0.25) is 0 Å². The molecule has 0 saturated heterocycles. The van der Waals surface area contributed by atoms with Gasteiger partial charge in [0.25, 0.3) is 0 Å². The Morgan fingerprint density at radius 2 is 1.62 bits per heavy atom. The third-order valence-corrected chi connectivity index (χ3v) is 5.86. The van der Waals surface area contributed by atoms with Gasteiger partial charge in [-0.25, -0.2) is 0 Å². The summed E-state index contributed by atoms with van der Waals surface area (Å²) < 4.78 is 0. The predicted octanol–water partition coefficient (Wildman–Crippen LogP) is 3.29. The summed E-state index contributed by atoms with van der Waals surface area (Å²) in [4.78, 5) is 0. The molecular formula is C21H22O5. The summed E-state index contributed by atoms with van der Waals surface area (Å²) in [6.07, 6.45) is 4.43. The van der Waals surface area contributed by atoms with E-state index >= 15 is 0 Å². The Morgan fingerprint density at radius 3 is 2.31 bits per heavy atom. The monoisotopic (exact) mass is 354 g/mol. The van der Waals surface area contributed by atoms with Crippen molar-refractivity contribution >= 4 is 0 Å². The molecule has 136 valence electrons. The van der Waals surface area contributed by atoms with Gasteiger partial charge in [-0.1, -0.05) is 19.1 Å². The molecule has 2 aromatic carbocycles. The van der Waals surface area contributed by atoms with Gasteiger partial charge in [-0.2, -0.15) is 0 Å². The van der Waals surface area contributed by atoms with E-state index in [1.165, 1.54) is 6.07 Å². The highest BCUT2D eigenvalue weighted by molar-refractivity contribution is 5.63. The van der Waals surface area contributed by atoms with Crippen LogP contribution in [0.1, 0.15) is 47.4 Å². The molecular weight excluding hydrogens is 332 g/mol. The van der Waals surface area contributed by atoms with Gasteiger partial charge >= 0.3 is 0 Å². The van der Waals surface area contributed by atoms with Crippen LogP contribution in [-0.2, 0) is 0 Å².